The van der Waals surface area contributed by atoms with E-state index in [1.54, 1.807) is 6.33 Å². The van der Waals surface area contributed by atoms with E-state index in [0.717, 1.165) is 30.7 Å². The highest BCUT2D eigenvalue weighted by Gasteiger charge is 2.23. The number of piperidine rings is 1. The molecule has 1 aliphatic rings. The molecular weight excluding hydrogens is 242 g/mol. The molecule has 1 fully saturated rings. The number of aromatic amines is 1. The van der Waals surface area contributed by atoms with Crippen molar-refractivity contribution in [2.24, 2.45) is 0 Å². The fraction of sp³-hybridized carbons (Fsp3) is 0.583. The van der Waals surface area contributed by atoms with E-state index in [2.05, 4.69) is 44.1 Å². The normalized spacial score (nSPS) is 24.7. The highest BCUT2D eigenvalue weighted by Crippen LogP contribution is 2.23. The maximum Gasteiger partial charge on any atom is 0.224 e. The Hall–Kier alpha value is -1.89. The molecule has 0 radical (unpaired) electrons. The van der Waals surface area contributed by atoms with Crippen molar-refractivity contribution in [3.8, 4) is 0 Å². The highest BCUT2D eigenvalue weighted by atomic mass is 15.2. The number of nitrogens with one attached hydrogen (secondary N) is 2. The van der Waals surface area contributed by atoms with Gasteiger partial charge in [0.25, 0.3) is 0 Å². The van der Waals surface area contributed by atoms with Crippen LogP contribution in [0.1, 0.15) is 19.8 Å². The van der Waals surface area contributed by atoms with E-state index in [0.29, 0.717) is 17.7 Å². The van der Waals surface area contributed by atoms with Gasteiger partial charge in [-0.05, 0) is 26.8 Å². The molecule has 7 heteroatoms. The molecule has 0 saturated carbocycles. The fourth-order valence-corrected chi connectivity index (χ4v) is 2.57. The van der Waals surface area contributed by atoms with Crippen LogP contribution in [0.4, 0.5) is 11.8 Å². The summed E-state index contributed by atoms with van der Waals surface area (Å²) < 4.78 is 0. The zero-order valence-electron chi connectivity index (χ0n) is 11.2. The van der Waals surface area contributed by atoms with Gasteiger partial charge in [0.1, 0.15) is 5.52 Å². The van der Waals surface area contributed by atoms with Crippen molar-refractivity contribution in [2.45, 2.75) is 31.8 Å². The maximum atomic E-state index is 5.71. The first-order valence-corrected chi connectivity index (χ1v) is 6.57. The summed E-state index contributed by atoms with van der Waals surface area (Å²) in [4.78, 5) is 17.9. The van der Waals surface area contributed by atoms with Crippen molar-refractivity contribution in [1.82, 2.24) is 24.8 Å². The summed E-state index contributed by atoms with van der Waals surface area (Å²) in [6.07, 6.45) is 3.80. The van der Waals surface area contributed by atoms with E-state index >= 15 is 0 Å². The molecule has 0 aromatic carbocycles. The molecule has 2 aromatic rings. The molecule has 0 spiro atoms. The molecule has 7 nitrogen and oxygen atoms in total. The van der Waals surface area contributed by atoms with Crippen LogP contribution in [0.2, 0.25) is 0 Å². The zero-order chi connectivity index (χ0) is 13.4. The minimum Gasteiger partial charge on any atom is -0.368 e. The lowest BCUT2D eigenvalue weighted by atomic mass is 9.99. The molecule has 19 heavy (non-hydrogen) atoms. The summed E-state index contributed by atoms with van der Waals surface area (Å²) in [5.41, 5.74) is 7.14. The number of fused-ring (bicyclic) bond motifs is 1. The molecule has 0 amide bonds. The van der Waals surface area contributed by atoms with Crippen molar-refractivity contribution >= 4 is 22.9 Å². The van der Waals surface area contributed by atoms with Crippen LogP contribution >= 0.6 is 0 Å². The smallest absolute Gasteiger partial charge is 0.224 e. The van der Waals surface area contributed by atoms with Crippen LogP contribution in [0.3, 0.4) is 0 Å². The standard InChI is InChI=1S/C12H19N7/c1-7-5-8(3-4-19(7)2)16-11-9-10(15-6-14-9)17-12(13)18-11/h6-8H,3-5H2,1-2H3,(H4,13,14,15,16,17,18). The third-order valence-corrected chi connectivity index (χ3v) is 3.85. The molecular formula is C12H19N7. The lowest BCUT2D eigenvalue weighted by Gasteiger charge is -2.35. The van der Waals surface area contributed by atoms with Crippen LogP contribution in [0, 0.1) is 0 Å². The maximum absolute atomic E-state index is 5.71. The lowest BCUT2D eigenvalue weighted by Crippen LogP contribution is -2.42. The van der Waals surface area contributed by atoms with Gasteiger partial charge < -0.3 is 20.9 Å². The second-order valence-corrected chi connectivity index (χ2v) is 5.23. The number of nitrogens with two attached hydrogens (primary N) is 1. The van der Waals surface area contributed by atoms with Gasteiger partial charge in [0.2, 0.25) is 5.95 Å². The predicted octanol–water partition coefficient (Wildman–Crippen LogP) is 0.830. The van der Waals surface area contributed by atoms with Crippen molar-refractivity contribution in [3.05, 3.63) is 6.33 Å². The molecule has 1 saturated heterocycles. The van der Waals surface area contributed by atoms with Gasteiger partial charge in [0.05, 0.1) is 6.33 Å². The minimum absolute atomic E-state index is 0.253. The van der Waals surface area contributed by atoms with E-state index in [1.165, 1.54) is 0 Å². The quantitative estimate of drug-likeness (QED) is 0.741. The Morgan fingerprint density at radius 1 is 1.47 bits per heavy atom. The summed E-state index contributed by atoms with van der Waals surface area (Å²) in [5.74, 6) is 1.00. The largest absolute Gasteiger partial charge is 0.368 e. The summed E-state index contributed by atoms with van der Waals surface area (Å²) in [6.45, 7) is 3.33. The van der Waals surface area contributed by atoms with Crippen molar-refractivity contribution in [3.63, 3.8) is 0 Å². The number of imidazole rings is 1. The number of aromatic nitrogens is 4. The van der Waals surface area contributed by atoms with Crippen molar-refractivity contribution in [2.75, 3.05) is 24.6 Å². The molecule has 3 rings (SSSR count). The molecule has 3 heterocycles. The molecule has 0 bridgehead atoms. The third kappa shape index (κ3) is 2.33. The van der Waals surface area contributed by atoms with Gasteiger partial charge in [-0.25, -0.2) is 4.98 Å². The molecule has 2 unspecified atom stereocenters. The van der Waals surface area contributed by atoms with E-state index in [-0.39, 0.29) is 5.95 Å². The van der Waals surface area contributed by atoms with Gasteiger partial charge in [-0.1, -0.05) is 0 Å². The van der Waals surface area contributed by atoms with Crippen molar-refractivity contribution < 1.29 is 0 Å². The Morgan fingerprint density at radius 3 is 3.11 bits per heavy atom. The molecule has 2 atom stereocenters. The van der Waals surface area contributed by atoms with Gasteiger partial charge in [0, 0.05) is 18.6 Å². The zero-order valence-corrected chi connectivity index (χ0v) is 11.2. The average Bonchev–Trinajstić information content (AvgIpc) is 2.82. The van der Waals surface area contributed by atoms with Crippen LogP contribution in [0.5, 0.6) is 0 Å². The highest BCUT2D eigenvalue weighted by molar-refractivity contribution is 5.83. The monoisotopic (exact) mass is 261 g/mol. The topological polar surface area (TPSA) is 95.7 Å². The summed E-state index contributed by atoms with van der Waals surface area (Å²) in [7, 11) is 2.16. The van der Waals surface area contributed by atoms with Gasteiger partial charge >= 0.3 is 0 Å². The van der Waals surface area contributed by atoms with Crippen LogP contribution < -0.4 is 11.1 Å². The molecule has 2 aromatic heterocycles. The van der Waals surface area contributed by atoms with Crippen molar-refractivity contribution in [1.29, 1.82) is 0 Å². The second kappa shape index (κ2) is 4.65. The Kier molecular flexibility index (Phi) is 2.98. The van der Waals surface area contributed by atoms with Crippen LogP contribution in [0.15, 0.2) is 6.33 Å². The Morgan fingerprint density at radius 2 is 2.32 bits per heavy atom. The number of nitrogen functional groups attached to an aromatic ring is 1. The summed E-state index contributed by atoms with van der Waals surface area (Å²) in [6, 6.07) is 0.981. The third-order valence-electron chi connectivity index (χ3n) is 3.85. The molecule has 0 aliphatic carbocycles. The first-order valence-electron chi connectivity index (χ1n) is 6.57. The number of hydrogen-bond donors (Lipinski definition) is 3. The SMILES string of the molecule is CC1CC(Nc2nc(N)nc3nc[nH]c23)CCN1C. The average molecular weight is 261 g/mol. The second-order valence-electron chi connectivity index (χ2n) is 5.23. The van der Waals surface area contributed by atoms with E-state index in [4.69, 9.17) is 5.73 Å². The number of anilines is 2. The first-order chi connectivity index (χ1) is 9.13. The molecule has 4 N–H and O–H groups in total. The molecule has 102 valence electrons. The predicted molar refractivity (Wildman–Crippen MR) is 74.8 cm³/mol. The Bertz CT molecular complexity index is 578. The van der Waals surface area contributed by atoms with E-state index in [1.807, 2.05) is 0 Å². The fourth-order valence-electron chi connectivity index (χ4n) is 2.57. The minimum atomic E-state index is 0.253. The number of hydrogen-bond acceptors (Lipinski definition) is 6. The number of rotatable bonds is 2. The van der Waals surface area contributed by atoms with Gasteiger partial charge in [-0.2, -0.15) is 9.97 Å². The Labute approximate surface area is 111 Å². The summed E-state index contributed by atoms with van der Waals surface area (Å²) >= 11 is 0. The van der Waals surface area contributed by atoms with Crippen LogP contribution in [-0.2, 0) is 0 Å². The summed E-state index contributed by atoms with van der Waals surface area (Å²) in [5, 5.41) is 3.47. The van der Waals surface area contributed by atoms with Gasteiger partial charge in [-0.15, -0.1) is 0 Å². The first kappa shape index (κ1) is 12.2. The Balaban J connectivity index is 1.83. The number of nitrogens with zero attached hydrogens (tertiary/aromatic N) is 4. The van der Waals surface area contributed by atoms with E-state index in [9.17, 15) is 0 Å². The number of H-pyrrole nitrogens is 1. The van der Waals surface area contributed by atoms with Crippen LogP contribution in [-0.4, -0.2) is 50.5 Å². The number of likely N-dealkylation sites (tertiary alicyclic amines) is 1. The lowest BCUT2D eigenvalue weighted by molar-refractivity contribution is 0.190. The van der Waals surface area contributed by atoms with Gasteiger partial charge in [0.15, 0.2) is 11.5 Å². The van der Waals surface area contributed by atoms with Gasteiger partial charge in [-0.3, -0.25) is 0 Å². The van der Waals surface area contributed by atoms with Crippen LogP contribution in [0.25, 0.3) is 11.2 Å². The van der Waals surface area contributed by atoms with E-state index < -0.39 is 0 Å². The molecule has 1 aliphatic heterocycles.